The van der Waals surface area contributed by atoms with E-state index in [0.29, 0.717) is 0 Å². The highest BCUT2D eigenvalue weighted by Gasteiger charge is 2.67. The van der Waals surface area contributed by atoms with Crippen molar-refractivity contribution in [2.45, 2.75) is 30.8 Å². The average molecular weight is 449 g/mol. The van der Waals surface area contributed by atoms with Gasteiger partial charge < -0.3 is 0 Å². The van der Waals surface area contributed by atoms with Gasteiger partial charge in [0.1, 0.15) is 11.1 Å². The maximum atomic E-state index is 2.62. The number of nitrogens with zero attached hydrogens (tertiary/aromatic N) is 2. The SMILES string of the molecule is c1ccc2c(c1)Cc1ccc3c4c1C2c1cccc[n+]1C41c2c(cccc2Cc2cccc[n+]21)C3. The van der Waals surface area contributed by atoms with Crippen molar-refractivity contribution >= 4 is 0 Å². The van der Waals surface area contributed by atoms with Gasteiger partial charge in [0.15, 0.2) is 18.1 Å². The molecule has 2 aliphatic carbocycles. The van der Waals surface area contributed by atoms with Crippen LogP contribution >= 0.6 is 0 Å². The Morgan fingerprint density at radius 1 is 0.543 bits per heavy atom. The van der Waals surface area contributed by atoms with E-state index in [2.05, 4.69) is 113 Å². The van der Waals surface area contributed by atoms with Crippen LogP contribution in [0.1, 0.15) is 67.4 Å². The van der Waals surface area contributed by atoms with Gasteiger partial charge in [0.05, 0.1) is 12.3 Å². The Hall–Kier alpha value is -4.04. The van der Waals surface area contributed by atoms with Crippen LogP contribution in [-0.2, 0) is 24.9 Å². The number of fused-ring (bicyclic) bond motifs is 5. The number of benzene rings is 3. The Labute approximate surface area is 204 Å². The summed E-state index contributed by atoms with van der Waals surface area (Å²) in [6.45, 7) is 0. The number of hydrogen-bond acceptors (Lipinski definition) is 0. The molecule has 2 atom stereocenters. The molecule has 9 rings (SSSR count). The fourth-order valence-corrected chi connectivity index (χ4v) is 7.84. The molecule has 2 heteroatoms. The van der Waals surface area contributed by atoms with Crippen molar-refractivity contribution in [1.82, 2.24) is 0 Å². The van der Waals surface area contributed by atoms with Crippen molar-refractivity contribution in [3.8, 4) is 0 Å². The van der Waals surface area contributed by atoms with Gasteiger partial charge in [-0.1, -0.05) is 66.7 Å². The summed E-state index contributed by atoms with van der Waals surface area (Å²) in [6, 6.07) is 34.5. The molecule has 0 bridgehead atoms. The highest BCUT2D eigenvalue weighted by Crippen LogP contribution is 2.53. The number of rotatable bonds is 0. The molecule has 2 aromatic heterocycles. The minimum absolute atomic E-state index is 0.264. The topological polar surface area (TPSA) is 7.76 Å². The van der Waals surface area contributed by atoms with Gasteiger partial charge in [-0.05, 0) is 51.8 Å². The molecule has 1 spiro atoms. The van der Waals surface area contributed by atoms with E-state index in [1.807, 2.05) is 0 Å². The highest BCUT2D eigenvalue weighted by molar-refractivity contribution is 5.65. The zero-order valence-electron chi connectivity index (χ0n) is 19.4. The second-order valence-corrected chi connectivity index (χ2v) is 10.5. The molecule has 0 fully saturated rings. The van der Waals surface area contributed by atoms with Crippen LogP contribution < -0.4 is 9.13 Å². The lowest BCUT2D eigenvalue weighted by Gasteiger charge is -2.43. The van der Waals surface area contributed by atoms with Crippen molar-refractivity contribution in [2.24, 2.45) is 0 Å². The Kier molecular flexibility index (Phi) is 3.21. The van der Waals surface area contributed by atoms with E-state index < -0.39 is 0 Å². The monoisotopic (exact) mass is 448 g/mol. The predicted octanol–water partition coefficient (Wildman–Crippen LogP) is 4.77. The quantitative estimate of drug-likeness (QED) is 0.296. The molecule has 2 aliphatic heterocycles. The third kappa shape index (κ3) is 2.01. The summed E-state index contributed by atoms with van der Waals surface area (Å²) in [5.41, 5.74) is 15.8. The fourth-order valence-electron chi connectivity index (χ4n) is 7.84. The number of pyridine rings is 2. The summed E-state index contributed by atoms with van der Waals surface area (Å²) in [6.07, 6.45) is 7.66. The van der Waals surface area contributed by atoms with Crippen LogP contribution in [0.2, 0.25) is 0 Å². The zero-order chi connectivity index (χ0) is 22.7. The molecule has 0 amide bonds. The Morgan fingerprint density at radius 2 is 1.23 bits per heavy atom. The van der Waals surface area contributed by atoms with Crippen molar-refractivity contribution in [3.63, 3.8) is 0 Å². The van der Waals surface area contributed by atoms with Crippen LogP contribution in [0.15, 0.2) is 103 Å². The predicted molar refractivity (Wildman–Crippen MR) is 134 cm³/mol. The van der Waals surface area contributed by atoms with Gasteiger partial charge in [-0.25, -0.2) is 0 Å². The molecule has 0 saturated heterocycles. The van der Waals surface area contributed by atoms with Crippen molar-refractivity contribution in [2.75, 3.05) is 0 Å². The molecule has 4 heterocycles. The van der Waals surface area contributed by atoms with Gasteiger partial charge in [-0.15, -0.1) is 9.13 Å². The van der Waals surface area contributed by atoms with Crippen molar-refractivity contribution in [1.29, 1.82) is 0 Å². The third-order valence-electron chi connectivity index (χ3n) is 8.97. The molecule has 164 valence electrons. The van der Waals surface area contributed by atoms with Crippen LogP contribution in [0.4, 0.5) is 0 Å². The summed E-state index contributed by atoms with van der Waals surface area (Å²) < 4.78 is 5.22. The van der Waals surface area contributed by atoms with E-state index in [1.165, 1.54) is 55.9 Å². The first kappa shape index (κ1) is 18.3. The first-order chi connectivity index (χ1) is 17.4. The summed E-state index contributed by atoms with van der Waals surface area (Å²) in [7, 11) is 0. The molecule has 0 radical (unpaired) electrons. The van der Waals surface area contributed by atoms with Crippen LogP contribution in [-0.4, -0.2) is 0 Å². The summed E-state index contributed by atoms with van der Waals surface area (Å²) in [4.78, 5) is 0. The number of hydrogen-bond donors (Lipinski definition) is 0. The molecule has 35 heavy (non-hydrogen) atoms. The minimum Gasteiger partial charge on any atom is -0.130 e. The Morgan fingerprint density at radius 3 is 2.17 bits per heavy atom. The molecule has 2 nitrogen and oxygen atoms in total. The van der Waals surface area contributed by atoms with E-state index in [9.17, 15) is 0 Å². The standard InChI is InChI=1S/C33H24N2/c1-2-12-27-21(8-1)18-22-14-15-25-19-23-9-7-10-24-20-26-11-3-5-16-34(26)33(31(23)24)32(25)29(22)30(27)28-13-4-6-17-35(28)33/h1-17,30H,18-20H2/q+2. The molecule has 5 aromatic rings. The van der Waals surface area contributed by atoms with E-state index in [0.717, 1.165) is 19.3 Å². The van der Waals surface area contributed by atoms with Gasteiger partial charge in [0.2, 0.25) is 5.69 Å². The lowest BCUT2D eigenvalue weighted by Crippen LogP contribution is -2.80. The largest absolute Gasteiger partial charge is 0.416 e. The van der Waals surface area contributed by atoms with E-state index in [4.69, 9.17) is 0 Å². The molecule has 0 N–H and O–H groups in total. The van der Waals surface area contributed by atoms with Crippen molar-refractivity contribution in [3.05, 3.63) is 165 Å². The van der Waals surface area contributed by atoms with Crippen LogP contribution in [0.5, 0.6) is 0 Å². The second-order valence-electron chi connectivity index (χ2n) is 10.5. The second kappa shape index (κ2) is 6.14. The summed E-state index contributed by atoms with van der Waals surface area (Å²) in [5.74, 6) is 0.264. The lowest BCUT2D eigenvalue weighted by molar-refractivity contribution is -0.980. The summed E-state index contributed by atoms with van der Waals surface area (Å²) >= 11 is 0. The zero-order valence-corrected chi connectivity index (χ0v) is 19.4. The highest BCUT2D eigenvalue weighted by atomic mass is 15.3. The van der Waals surface area contributed by atoms with Gasteiger partial charge in [0, 0.05) is 24.3 Å². The van der Waals surface area contributed by atoms with E-state index in [1.54, 1.807) is 5.56 Å². The first-order valence-corrected chi connectivity index (χ1v) is 12.7. The van der Waals surface area contributed by atoms with Gasteiger partial charge in [-0.2, -0.15) is 0 Å². The van der Waals surface area contributed by atoms with Gasteiger partial charge >= 0.3 is 5.66 Å². The smallest absolute Gasteiger partial charge is 0.130 e. The molecular formula is C33H24N2+2. The Bertz CT molecular complexity index is 1730. The molecule has 2 unspecified atom stereocenters. The molecular weight excluding hydrogens is 424 g/mol. The average Bonchev–Trinajstić information content (AvgIpc) is 2.91. The normalized spacial score (nSPS) is 21.2. The molecule has 0 saturated carbocycles. The third-order valence-corrected chi connectivity index (χ3v) is 8.97. The van der Waals surface area contributed by atoms with Gasteiger partial charge in [0.25, 0.3) is 0 Å². The first-order valence-electron chi connectivity index (χ1n) is 12.7. The molecule has 3 aromatic carbocycles. The maximum Gasteiger partial charge on any atom is 0.416 e. The van der Waals surface area contributed by atoms with Crippen molar-refractivity contribution < 1.29 is 9.13 Å². The van der Waals surface area contributed by atoms with Crippen LogP contribution in [0.3, 0.4) is 0 Å². The molecule has 4 aliphatic rings. The van der Waals surface area contributed by atoms with Gasteiger partial charge in [-0.3, -0.25) is 0 Å². The summed E-state index contributed by atoms with van der Waals surface area (Å²) in [5, 5.41) is 0. The van der Waals surface area contributed by atoms with Crippen LogP contribution in [0, 0.1) is 0 Å². The lowest BCUT2D eigenvalue weighted by atomic mass is 9.63. The fraction of sp³-hybridized carbons (Fsp3) is 0.152. The minimum atomic E-state index is -0.390. The van der Waals surface area contributed by atoms with E-state index in [-0.39, 0.29) is 11.6 Å². The van der Waals surface area contributed by atoms with Crippen LogP contribution in [0.25, 0.3) is 0 Å². The Balaban J connectivity index is 1.54. The maximum absolute atomic E-state index is 2.62. The van der Waals surface area contributed by atoms with E-state index >= 15 is 0 Å². The number of aromatic nitrogens is 2.